The highest BCUT2D eigenvalue weighted by atomic mass is 16.5. The van der Waals surface area contributed by atoms with Gasteiger partial charge in [0.2, 0.25) is 0 Å². The Morgan fingerprint density at radius 3 is 3.00 bits per heavy atom. The van der Waals surface area contributed by atoms with Crippen molar-refractivity contribution in [3.63, 3.8) is 0 Å². The molecule has 2 N–H and O–H groups in total. The van der Waals surface area contributed by atoms with E-state index in [0.29, 0.717) is 19.6 Å². The monoisotopic (exact) mass is 232 g/mol. The van der Waals surface area contributed by atoms with E-state index < -0.39 is 0 Å². The SMILES string of the molecule is COCc1cccc(-c2cc(CCN)on2)c1. The Balaban J connectivity index is 2.22. The molecule has 0 radical (unpaired) electrons. The molecule has 0 saturated heterocycles. The summed E-state index contributed by atoms with van der Waals surface area (Å²) in [4.78, 5) is 0. The van der Waals surface area contributed by atoms with Gasteiger partial charge in [-0.25, -0.2) is 0 Å². The molecule has 0 spiro atoms. The first-order valence-corrected chi connectivity index (χ1v) is 5.57. The molecule has 0 bridgehead atoms. The Bertz CT molecular complexity index is 480. The fourth-order valence-corrected chi connectivity index (χ4v) is 1.70. The summed E-state index contributed by atoms with van der Waals surface area (Å²) in [5.74, 6) is 0.819. The van der Waals surface area contributed by atoms with E-state index in [2.05, 4.69) is 5.16 Å². The molecule has 0 aliphatic heterocycles. The van der Waals surface area contributed by atoms with Crippen LogP contribution in [0.1, 0.15) is 11.3 Å². The molecule has 1 aromatic heterocycles. The quantitative estimate of drug-likeness (QED) is 0.856. The highest BCUT2D eigenvalue weighted by Crippen LogP contribution is 2.20. The van der Waals surface area contributed by atoms with Crippen LogP contribution < -0.4 is 5.73 Å². The second-order valence-corrected chi connectivity index (χ2v) is 3.85. The third kappa shape index (κ3) is 2.93. The number of ether oxygens (including phenoxy) is 1. The van der Waals surface area contributed by atoms with Gasteiger partial charge in [-0.2, -0.15) is 0 Å². The molecule has 2 rings (SSSR count). The van der Waals surface area contributed by atoms with E-state index >= 15 is 0 Å². The second kappa shape index (κ2) is 5.61. The smallest absolute Gasteiger partial charge is 0.138 e. The van der Waals surface area contributed by atoms with Gasteiger partial charge in [0.1, 0.15) is 11.5 Å². The fraction of sp³-hybridized carbons (Fsp3) is 0.308. The zero-order valence-electron chi connectivity index (χ0n) is 9.85. The molecule has 2 aromatic rings. The lowest BCUT2D eigenvalue weighted by molar-refractivity contribution is 0.185. The Kier molecular flexibility index (Phi) is 3.90. The third-order valence-electron chi connectivity index (χ3n) is 2.48. The van der Waals surface area contributed by atoms with Gasteiger partial charge in [-0.1, -0.05) is 23.4 Å². The number of rotatable bonds is 5. The number of aromatic nitrogens is 1. The predicted octanol–water partition coefficient (Wildman–Crippen LogP) is 1.99. The van der Waals surface area contributed by atoms with Crippen molar-refractivity contribution in [3.05, 3.63) is 41.7 Å². The van der Waals surface area contributed by atoms with Gasteiger partial charge in [0.05, 0.1) is 6.61 Å². The maximum atomic E-state index is 5.47. The Labute approximate surface area is 100 Å². The molecule has 90 valence electrons. The van der Waals surface area contributed by atoms with Crippen molar-refractivity contribution in [1.29, 1.82) is 0 Å². The zero-order chi connectivity index (χ0) is 12.1. The molecule has 0 fully saturated rings. The number of nitrogens with two attached hydrogens (primary N) is 1. The van der Waals surface area contributed by atoms with Crippen molar-refractivity contribution < 1.29 is 9.26 Å². The highest BCUT2D eigenvalue weighted by molar-refractivity contribution is 5.59. The Morgan fingerprint density at radius 1 is 1.35 bits per heavy atom. The van der Waals surface area contributed by atoms with Gasteiger partial charge in [0.25, 0.3) is 0 Å². The van der Waals surface area contributed by atoms with Gasteiger partial charge in [-0.3, -0.25) is 0 Å². The highest BCUT2D eigenvalue weighted by Gasteiger charge is 2.06. The second-order valence-electron chi connectivity index (χ2n) is 3.85. The summed E-state index contributed by atoms with van der Waals surface area (Å²) in [7, 11) is 1.68. The molecule has 0 unspecified atom stereocenters. The van der Waals surface area contributed by atoms with Crippen LogP contribution in [0.3, 0.4) is 0 Å². The molecule has 0 amide bonds. The molecule has 0 atom stereocenters. The lowest BCUT2D eigenvalue weighted by atomic mass is 10.1. The van der Waals surface area contributed by atoms with Gasteiger partial charge >= 0.3 is 0 Å². The van der Waals surface area contributed by atoms with E-state index in [0.717, 1.165) is 22.6 Å². The standard InChI is InChI=1S/C13H16N2O2/c1-16-9-10-3-2-4-11(7-10)13-8-12(5-6-14)17-15-13/h2-4,7-8H,5-6,9,14H2,1H3. The minimum absolute atomic E-state index is 0.568. The summed E-state index contributed by atoms with van der Waals surface area (Å²) in [6.07, 6.45) is 0.713. The molecular weight excluding hydrogens is 216 g/mol. The average Bonchev–Trinajstić information content (AvgIpc) is 2.79. The molecule has 0 aliphatic rings. The van der Waals surface area contributed by atoms with Crippen LogP contribution in [0.25, 0.3) is 11.3 Å². The normalized spacial score (nSPS) is 10.7. The van der Waals surface area contributed by atoms with Gasteiger partial charge in [-0.05, 0) is 18.2 Å². The Morgan fingerprint density at radius 2 is 2.24 bits per heavy atom. The molecule has 4 nitrogen and oxygen atoms in total. The summed E-state index contributed by atoms with van der Waals surface area (Å²) >= 11 is 0. The van der Waals surface area contributed by atoms with Crippen molar-refractivity contribution in [2.45, 2.75) is 13.0 Å². The molecule has 0 aliphatic carbocycles. The van der Waals surface area contributed by atoms with Crippen molar-refractivity contribution in [2.75, 3.05) is 13.7 Å². The first-order valence-electron chi connectivity index (χ1n) is 5.57. The van der Waals surface area contributed by atoms with E-state index in [1.807, 2.05) is 30.3 Å². The molecule has 4 heteroatoms. The number of methoxy groups -OCH3 is 1. The number of benzene rings is 1. The summed E-state index contributed by atoms with van der Waals surface area (Å²) in [6.45, 7) is 1.17. The van der Waals surface area contributed by atoms with Gasteiger partial charge in [0, 0.05) is 25.2 Å². The number of hydrogen-bond donors (Lipinski definition) is 1. The minimum Gasteiger partial charge on any atom is -0.380 e. The van der Waals surface area contributed by atoms with Crippen molar-refractivity contribution >= 4 is 0 Å². The van der Waals surface area contributed by atoms with E-state index in [-0.39, 0.29) is 0 Å². The van der Waals surface area contributed by atoms with Crippen LogP contribution in [-0.4, -0.2) is 18.8 Å². The first-order chi connectivity index (χ1) is 8.33. The van der Waals surface area contributed by atoms with E-state index in [1.54, 1.807) is 7.11 Å². The van der Waals surface area contributed by atoms with Crippen LogP contribution in [0.5, 0.6) is 0 Å². The molecule has 0 saturated carbocycles. The molecule has 17 heavy (non-hydrogen) atoms. The third-order valence-corrected chi connectivity index (χ3v) is 2.48. The van der Waals surface area contributed by atoms with Crippen LogP contribution in [0.15, 0.2) is 34.9 Å². The van der Waals surface area contributed by atoms with Crippen molar-refractivity contribution in [2.24, 2.45) is 5.73 Å². The first kappa shape index (κ1) is 11.8. The fourth-order valence-electron chi connectivity index (χ4n) is 1.70. The van der Waals surface area contributed by atoms with Crippen LogP contribution in [0.4, 0.5) is 0 Å². The van der Waals surface area contributed by atoms with Gasteiger partial charge in [0.15, 0.2) is 0 Å². The van der Waals surface area contributed by atoms with E-state index in [1.165, 1.54) is 0 Å². The lowest BCUT2D eigenvalue weighted by Crippen LogP contribution is -2.01. The summed E-state index contributed by atoms with van der Waals surface area (Å²) in [5, 5.41) is 4.03. The summed E-state index contributed by atoms with van der Waals surface area (Å²) in [5.41, 5.74) is 8.46. The minimum atomic E-state index is 0.568. The topological polar surface area (TPSA) is 61.3 Å². The zero-order valence-corrected chi connectivity index (χ0v) is 9.85. The lowest BCUT2D eigenvalue weighted by Gasteiger charge is -2.01. The number of hydrogen-bond acceptors (Lipinski definition) is 4. The van der Waals surface area contributed by atoms with Crippen LogP contribution in [0.2, 0.25) is 0 Å². The Hall–Kier alpha value is -1.65. The van der Waals surface area contributed by atoms with Crippen LogP contribution in [-0.2, 0) is 17.8 Å². The predicted molar refractivity (Wildman–Crippen MR) is 65.4 cm³/mol. The number of nitrogens with zero attached hydrogens (tertiary/aromatic N) is 1. The molecular formula is C13H16N2O2. The van der Waals surface area contributed by atoms with Crippen molar-refractivity contribution in [3.8, 4) is 11.3 Å². The van der Waals surface area contributed by atoms with Crippen molar-refractivity contribution in [1.82, 2.24) is 5.16 Å². The van der Waals surface area contributed by atoms with Crippen LogP contribution >= 0.6 is 0 Å². The van der Waals surface area contributed by atoms with E-state index in [9.17, 15) is 0 Å². The van der Waals surface area contributed by atoms with Gasteiger partial charge < -0.3 is 15.0 Å². The average molecular weight is 232 g/mol. The maximum Gasteiger partial charge on any atom is 0.138 e. The summed E-state index contributed by atoms with van der Waals surface area (Å²) in [6, 6.07) is 9.99. The largest absolute Gasteiger partial charge is 0.380 e. The molecule has 1 aromatic carbocycles. The van der Waals surface area contributed by atoms with Crippen LogP contribution in [0, 0.1) is 0 Å². The molecule has 1 heterocycles. The van der Waals surface area contributed by atoms with Gasteiger partial charge in [-0.15, -0.1) is 0 Å². The summed E-state index contributed by atoms with van der Waals surface area (Å²) < 4.78 is 10.3. The maximum absolute atomic E-state index is 5.47. The van der Waals surface area contributed by atoms with E-state index in [4.69, 9.17) is 15.0 Å².